The van der Waals surface area contributed by atoms with Gasteiger partial charge in [-0.2, -0.15) is 0 Å². The molecule has 2 rings (SSSR count). The van der Waals surface area contributed by atoms with E-state index in [1.165, 1.54) is 36.4 Å². The van der Waals surface area contributed by atoms with Gasteiger partial charge in [-0.25, -0.2) is 4.39 Å². The maximum Gasteiger partial charge on any atom is 0.272 e. The molecule has 86 valence electrons. The van der Waals surface area contributed by atoms with Crippen molar-refractivity contribution in [2.75, 3.05) is 5.32 Å². The van der Waals surface area contributed by atoms with Crippen LogP contribution in [0.4, 0.5) is 10.1 Å². The molecule has 0 aliphatic carbocycles. The molecule has 0 saturated heterocycles. The Labute approximate surface area is 96.1 Å². The van der Waals surface area contributed by atoms with Gasteiger partial charge in [0, 0.05) is 11.8 Å². The van der Waals surface area contributed by atoms with Gasteiger partial charge in [0.15, 0.2) is 0 Å². The van der Waals surface area contributed by atoms with E-state index in [-0.39, 0.29) is 11.3 Å². The summed E-state index contributed by atoms with van der Waals surface area (Å²) in [5.74, 6) is -0.933. The number of pyridine rings is 1. The predicted octanol–water partition coefficient (Wildman–Crippen LogP) is 1.77. The molecular formula is C12H9FN2O2. The van der Waals surface area contributed by atoms with Gasteiger partial charge >= 0.3 is 0 Å². The minimum atomic E-state index is -0.492. The Bertz CT molecular complexity index is 607. The molecule has 0 aliphatic heterocycles. The summed E-state index contributed by atoms with van der Waals surface area (Å²) >= 11 is 0. The fourth-order valence-corrected chi connectivity index (χ4v) is 1.34. The second-order valence-electron chi connectivity index (χ2n) is 3.39. The number of anilines is 1. The highest BCUT2D eigenvalue weighted by atomic mass is 19.1. The zero-order valence-electron chi connectivity index (χ0n) is 8.74. The molecule has 0 atom stereocenters. The number of amides is 1. The molecule has 1 aromatic heterocycles. The number of benzene rings is 1. The average Bonchev–Trinajstić information content (AvgIpc) is 2.29. The third-order valence-electron chi connectivity index (χ3n) is 2.10. The number of aromatic nitrogens is 1. The first-order valence-electron chi connectivity index (χ1n) is 4.91. The van der Waals surface area contributed by atoms with Crippen molar-refractivity contribution in [2.45, 2.75) is 0 Å². The Morgan fingerprint density at radius 3 is 2.65 bits per heavy atom. The number of carbonyl (C=O) groups is 1. The van der Waals surface area contributed by atoms with Crippen molar-refractivity contribution in [3.8, 4) is 0 Å². The van der Waals surface area contributed by atoms with Crippen LogP contribution in [0.25, 0.3) is 0 Å². The second-order valence-corrected chi connectivity index (χ2v) is 3.39. The van der Waals surface area contributed by atoms with Gasteiger partial charge in [0.05, 0.1) is 0 Å². The fourth-order valence-electron chi connectivity index (χ4n) is 1.34. The smallest absolute Gasteiger partial charge is 0.272 e. The first-order chi connectivity index (χ1) is 8.15. The zero-order valence-corrected chi connectivity index (χ0v) is 8.74. The van der Waals surface area contributed by atoms with Crippen LogP contribution < -0.4 is 10.9 Å². The van der Waals surface area contributed by atoms with E-state index in [0.29, 0.717) is 5.69 Å². The minimum Gasteiger partial charge on any atom is -0.321 e. The summed E-state index contributed by atoms with van der Waals surface area (Å²) in [6.45, 7) is 0. The van der Waals surface area contributed by atoms with Crippen molar-refractivity contribution in [3.63, 3.8) is 0 Å². The number of aromatic amines is 1. The lowest BCUT2D eigenvalue weighted by molar-refractivity contribution is 0.102. The van der Waals surface area contributed by atoms with E-state index in [4.69, 9.17) is 0 Å². The van der Waals surface area contributed by atoms with Crippen LogP contribution in [0.15, 0.2) is 47.3 Å². The molecule has 2 N–H and O–H groups in total. The van der Waals surface area contributed by atoms with Crippen molar-refractivity contribution in [2.24, 2.45) is 0 Å². The number of H-pyrrole nitrogens is 1. The van der Waals surface area contributed by atoms with E-state index in [1.54, 1.807) is 6.07 Å². The average molecular weight is 232 g/mol. The summed E-state index contributed by atoms with van der Waals surface area (Å²) in [6, 6.07) is 9.76. The number of halogens is 1. The van der Waals surface area contributed by atoms with Crippen molar-refractivity contribution >= 4 is 11.6 Å². The Hall–Kier alpha value is -2.43. The lowest BCUT2D eigenvalue weighted by Gasteiger charge is -2.04. The van der Waals surface area contributed by atoms with Gasteiger partial charge in [0.2, 0.25) is 5.56 Å². The molecule has 0 aliphatic rings. The van der Waals surface area contributed by atoms with Crippen LogP contribution in [0.1, 0.15) is 10.5 Å². The SMILES string of the molecule is O=C(Nc1cccc(F)c1)c1cccc(=O)[nH]1. The summed E-state index contributed by atoms with van der Waals surface area (Å²) in [6.07, 6.45) is 0. The normalized spacial score (nSPS) is 9.94. The Morgan fingerprint density at radius 1 is 1.18 bits per heavy atom. The summed E-state index contributed by atoms with van der Waals surface area (Å²) in [5, 5.41) is 2.48. The first-order valence-corrected chi connectivity index (χ1v) is 4.91. The van der Waals surface area contributed by atoms with Gasteiger partial charge in [-0.1, -0.05) is 12.1 Å². The molecule has 5 heteroatoms. The van der Waals surface area contributed by atoms with Crippen LogP contribution in [0.2, 0.25) is 0 Å². The second kappa shape index (κ2) is 4.61. The minimum absolute atomic E-state index is 0.127. The number of hydrogen-bond donors (Lipinski definition) is 2. The molecule has 17 heavy (non-hydrogen) atoms. The third kappa shape index (κ3) is 2.78. The van der Waals surface area contributed by atoms with Crippen molar-refractivity contribution < 1.29 is 9.18 Å². The topological polar surface area (TPSA) is 62.0 Å². The molecule has 1 heterocycles. The Kier molecular flexibility index (Phi) is 3.00. The van der Waals surface area contributed by atoms with E-state index in [0.717, 1.165) is 0 Å². The number of rotatable bonds is 2. The largest absolute Gasteiger partial charge is 0.321 e. The van der Waals surface area contributed by atoms with Gasteiger partial charge < -0.3 is 10.3 Å². The van der Waals surface area contributed by atoms with Gasteiger partial charge in [-0.3, -0.25) is 9.59 Å². The van der Waals surface area contributed by atoms with Crippen molar-refractivity contribution in [3.05, 3.63) is 64.3 Å². The van der Waals surface area contributed by atoms with Crippen LogP contribution >= 0.6 is 0 Å². The van der Waals surface area contributed by atoms with Crippen LogP contribution in [0.5, 0.6) is 0 Å². The highest BCUT2D eigenvalue weighted by molar-refractivity contribution is 6.02. The summed E-state index contributed by atoms with van der Waals surface area (Å²) in [5.41, 5.74) is 0.0957. The van der Waals surface area contributed by atoms with Gasteiger partial charge in [-0.15, -0.1) is 0 Å². The maximum atomic E-state index is 12.9. The highest BCUT2D eigenvalue weighted by Crippen LogP contribution is 2.09. The van der Waals surface area contributed by atoms with Gasteiger partial charge in [0.25, 0.3) is 5.91 Å². The van der Waals surface area contributed by atoms with E-state index in [1.807, 2.05) is 0 Å². The molecule has 4 nitrogen and oxygen atoms in total. The molecular weight excluding hydrogens is 223 g/mol. The predicted molar refractivity (Wildman–Crippen MR) is 61.4 cm³/mol. The number of carbonyl (C=O) groups excluding carboxylic acids is 1. The van der Waals surface area contributed by atoms with Crippen LogP contribution in [0, 0.1) is 5.82 Å². The quantitative estimate of drug-likeness (QED) is 0.828. The molecule has 0 saturated carbocycles. The number of nitrogens with one attached hydrogen (secondary N) is 2. The van der Waals surface area contributed by atoms with Gasteiger partial charge in [-0.05, 0) is 24.3 Å². The summed E-state index contributed by atoms with van der Waals surface area (Å²) in [4.78, 5) is 25.1. The molecule has 0 fully saturated rings. The highest BCUT2D eigenvalue weighted by Gasteiger charge is 2.06. The molecule has 1 aromatic carbocycles. The molecule has 0 radical (unpaired) electrons. The molecule has 1 amide bonds. The third-order valence-corrected chi connectivity index (χ3v) is 2.10. The number of hydrogen-bond acceptors (Lipinski definition) is 2. The molecule has 0 unspecified atom stereocenters. The lowest BCUT2D eigenvalue weighted by Crippen LogP contribution is -2.17. The van der Waals surface area contributed by atoms with E-state index in [9.17, 15) is 14.0 Å². The van der Waals surface area contributed by atoms with E-state index < -0.39 is 11.7 Å². The monoisotopic (exact) mass is 232 g/mol. The van der Waals surface area contributed by atoms with Gasteiger partial charge in [0.1, 0.15) is 11.5 Å². The Balaban J connectivity index is 2.20. The molecule has 0 bridgehead atoms. The van der Waals surface area contributed by atoms with Crippen LogP contribution in [-0.2, 0) is 0 Å². The van der Waals surface area contributed by atoms with Crippen LogP contribution in [0.3, 0.4) is 0 Å². The first kappa shape index (κ1) is 11.1. The van der Waals surface area contributed by atoms with Crippen molar-refractivity contribution in [1.82, 2.24) is 4.98 Å². The van der Waals surface area contributed by atoms with E-state index in [2.05, 4.69) is 10.3 Å². The zero-order chi connectivity index (χ0) is 12.3. The lowest BCUT2D eigenvalue weighted by atomic mass is 10.3. The molecule has 2 aromatic rings. The van der Waals surface area contributed by atoms with E-state index >= 15 is 0 Å². The summed E-state index contributed by atoms with van der Waals surface area (Å²) in [7, 11) is 0. The van der Waals surface area contributed by atoms with Crippen molar-refractivity contribution in [1.29, 1.82) is 0 Å². The Morgan fingerprint density at radius 2 is 1.94 bits per heavy atom. The van der Waals surface area contributed by atoms with Crippen LogP contribution in [-0.4, -0.2) is 10.9 Å². The summed E-state index contributed by atoms with van der Waals surface area (Å²) < 4.78 is 12.9. The fraction of sp³-hybridized carbons (Fsp3) is 0. The molecule has 0 spiro atoms. The standard InChI is InChI=1S/C12H9FN2O2/c13-8-3-1-4-9(7-8)14-12(17)10-5-2-6-11(16)15-10/h1-7H,(H,14,17)(H,15,16). The maximum absolute atomic E-state index is 12.9.